The number of benzene rings is 8. The van der Waals surface area contributed by atoms with Crippen molar-refractivity contribution in [2.75, 3.05) is 0 Å². The average molecular weight is 560 g/mol. The molecular formula is C42H25NO. The number of hydrogen-bond acceptors (Lipinski definition) is 1. The molecule has 204 valence electrons. The van der Waals surface area contributed by atoms with E-state index in [0.717, 1.165) is 21.9 Å². The van der Waals surface area contributed by atoms with E-state index in [1.165, 1.54) is 70.9 Å². The summed E-state index contributed by atoms with van der Waals surface area (Å²) in [7, 11) is 0. The van der Waals surface area contributed by atoms with Gasteiger partial charge in [0, 0.05) is 27.2 Å². The smallest absolute Gasteiger partial charge is 0.135 e. The lowest BCUT2D eigenvalue weighted by Gasteiger charge is -2.14. The molecule has 0 aliphatic heterocycles. The molecule has 2 aromatic heterocycles. The number of fused-ring (bicyclic) bond motifs is 12. The second kappa shape index (κ2) is 8.82. The summed E-state index contributed by atoms with van der Waals surface area (Å²) in [5.41, 5.74) is 7.81. The molecule has 0 fully saturated rings. The molecule has 0 saturated heterocycles. The molecule has 0 aliphatic carbocycles. The minimum Gasteiger partial charge on any atom is -0.456 e. The molecule has 0 radical (unpaired) electrons. The molecule has 0 unspecified atom stereocenters. The maximum absolute atomic E-state index is 6.10. The summed E-state index contributed by atoms with van der Waals surface area (Å²) in [5.74, 6) is 0. The lowest BCUT2D eigenvalue weighted by Crippen LogP contribution is -1.94. The van der Waals surface area contributed by atoms with Gasteiger partial charge in [0.15, 0.2) is 0 Å². The van der Waals surface area contributed by atoms with Crippen LogP contribution in [0.2, 0.25) is 0 Å². The van der Waals surface area contributed by atoms with Gasteiger partial charge in [-0.05, 0) is 92.0 Å². The van der Waals surface area contributed by atoms with Gasteiger partial charge in [-0.25, -0.2) is 0 Å². The van der Waals surface area contributed by atoms with Crippen LogP contribution in [0.3, 0.4) is 0 Å². The summed E-state index contributed by atoms with van der Waals surface area (Å²) in [6.45, 7) is 0. The summed E-state index contributed by atoms with van der Waals surface area (Å²) in [6.07, 6.45) is 0. The van der Waals surface area contributed by atoms with Crippen LogP contribution in [0.1, 0.15) is 0 Å². The zero-order valence-corrected chi connectivity index (χ0v) is 23.8. The minimum absolute atomic E-state index is 0.921. The normalized spacial score (nSPS) is 12.1. The number of rotatable bonds is 2. The minimum atomic E-state index is 0.921. The molecule has 2 nitrogen and oxygen atoms in total. The third-order valence-electron chi connectivity index (χ3n) is 9.37. The first-order valence-corrected chi connectivity index (χ1v) is 15.1. The number of aromatic nitrogens is 1. The summed E-state index contributed by atoms with van der Waals surface area (Å²) < 4.78 is 8.52. The monoisotopic (exact) mass is 559 g/mol. The maximum Gasteiger partial charge on any atom is 0.135 e. The van der Waals surface area contributed by atoms with Crippen LogP contribution in [0.15, 0.2) is 156 Å². The van der Waals surface area contributed by atoms with Crippen molar-refractivity contribution < 1.29 is 4.42 Å². The number of hydrogen-bond donors (Lipinski definition) is 0. The molecule has 0 amide bonds. The van der Waals surface area contributed by atoms with E-state index in [0.29, 0.717) is 0 Å². The van der Waals surface area contributed by atoms with Crippen molar-refractivity contribution in [1.82, 2.24) is 4.57 Å². The summed E-state index contributed by atoms with van der Waals surface area (Å²) in [6, 6.07) is 55.0. The van der Waals surface area contributed by atoms with Crippen molar-refractivity contribution in [2.24, 2.45) is 0 Å². The highest BCUT2D eigenvalue weighted by Crippen LogP contribution is 2.40. The van der Waals surface area contributed by atoms with Gasteiger partial charge in [0.2, 0.25) is 0 Å². The highest BCUT2D eigenvalue weighted by atomic mass is 16.3. The van der Waals surface area contributed by atoms with Gasteiger partial charge in [-0.3, -0.25) is 0 Å². The Morgan fingerprint density at radius 2 is 0.841 bits per heavy atom. The second-order valence-electron chi connectivity index (χ2n) is 11.7. The van der Waals surface area contributed by atoms with E-state index in [1.54, 1.807) is 0 Å². The Labute approximate surface area is 253 Å². The molecule has 2 heterocycles. The van der Waals surface area contributed by atoms with Crippen molar-refractivity contribution in [2.45, 2.75) is 0 Å². The van der Waals surface area contributed by atoms with Gasteiger partial charge in [-0.15, -0.1) is 0 Å². The van der Waals surface area contributed by atoms with Gasteiger partial charge < -0.3 is 8.98 Å². The zero-order chi connectivity index (χ0) is 28.8. The van der Waals surface area contributed by atoms with Crippen LogP contribution in [-0.2, 0) is 0 Å². The molecule has 8 aromatic carbocycles. The van der Waals surface area contributed by atoms with E-state index >= 15 is 0 Å². The lowest BCUT2D eigenvalue weighted by molar-refractivity contribution is 0.669. The molecule has 0 spiro atoms. The van der Waals surface area contributed by atoms with E-state index < -0.39 is 0 Å². The first-order chi connectivity index (χ1) is 21.8. The number of para-hydroxylation sites is 2. The summed E-state index contributed by atoms with van der Waals surface area (Å²) in [5, 5.41) is 12.5. The van der Waals surface area contributed by atoms with Gasteiger partial charge in [0.25, 0.3) is 0 Å². The second-order valence-corrected chi connectivity index (χ2v) is 11.7. The quantitative estimate of drug-likeness (QED) is 0.193. The fourth-order valence-corrected chi connectivity index (χ4v) is 7.37. The molecule has 0 aliphatic rings. The van der Waals surface area contributed by atoms with E-state index in [1.807, 2.05) is 12.1 Å². The Bertz CT molecular complexity index is 2740. The van der Waals surface area contributed by atoms with E-state index in [2.05, 4.69) is 144 Å². The fourth-order valence-electron chi connectivity index (χ4n) is 7.37. The SMILES string of the molecule is c1ccc2c(c1)oc1ccc(-c3ccc4c(c3)c3ccccc3n4-c3ccc4c5ccccc5c5ccccc5c4c3)cc12. The Hall–Kier alpha value is -5.86. The van der Waals surface area contributed by atoms with Crippen LogP contribution in [0.4, 0.5) is 0 Å². The summed E-state index contributed by atoms with van der Waals surface area (Å²) in [4.78, 5) is 0. The van der Waals surface area contributed by atoms with Crippen molar-refractivity contribution in [3.05, 3.63) is 152 Å². The third kappa shape index (κ3) is 3.25. The first kappa shape index (κ1) is 23.7. The van der Waals surface area contributed by atoms with Crippen LogP contribution in [0, 0.1) is 0 Å². The molecule has 44 heavy (non-hydrogen) atoms. The van der Waals surface area contributed by atoms with Gasteiger partial charge in [0.1, 0.15) is 11.2 Å². The topological polar surface area (TPSA) is 18.1 Å². The molecular weight excluding hydrogens is 534 g/mol. The first-order valence-electron chi connectivity index (χ1n) is 15.1. The summed E-state index contributed by atoms with van der Waals surface area (Å²) >= 11 is 0. The predicted molar refractivity (Wildman–Crippen MR) is 186 cm³/mol. The Morgan fingerprint density at radius 1 is 0.318 bits per heavy atom. The van der Waals surface area contributed by atoms with Crippen LogP contribution < -0.4 is 0 Å². The van der Waals surface area contributed by atoms with Crippen LogP contribution in [0.25, 0.3) is 92.9 Å². The molecule has 0 atom stereocenters. The highest BCUT2D eigenvalue weighted by Gasteiger charge is 2.16. The molecule has 0 saturated carbocycles. The maximum atomic E-state index is 6.10. The third-order valence-corrected chi connectivity index (χ3v) is 9.37. The molecule has 0 bridgehead atoms. The molecule has 10 aromatic rings. The predicted octanol–water partition coefficient (Wildman–Crippen LogP) is 11.8. The van der Waals surface area contributed by atoms with Crippen molar-refractivity contribution in [3.8, 4) is 16.8 Å². The largest absolute Gasteiger partial charge is 0.456 e. The molecule has 2 heteroatoms. The van der Waals surface area contributed by atoms with E-state index in [4.69, 9.17) is 4.42 Å². The van der Waals surface area contributed by atoms with E-state index in [9.17, 15) is 0 Å². The number of furan rings is 1. The number of nitrogens with zero attached hydrogens (tertiary/aromatic N) is 1. The Kier molecular flexibility index (Phi) is 4.75. The fraction of sp³-hybridized carbons (Fsp3) is 0. The van der Waals surface area contributed by atoms with Crippen molar-refractivity contribution in [1.29, 1.82) is 0 Å². The van der Waals surface area contributed by atoms with Gasteiger partial charge >= 0.3 is 0 Å². The Balaban J connectivity index is 1.22. The zero-order valence-electron chi connectivity index (χ0n) is 23.8. The van der Waals surface area contributed by atoms with Gasteiger partial charge in [-0.1, -0.05) is 103 Å². The van der Waals surface area contributed by atoms with E-state index in [-0.39, 0.29) is 0 Å². The molecule has 10 rings (SSSR count). The van der Waals surface area contributed by atoms with Gasteiger partial charge in [0.05, 0.1) is 11.0 Å². The van der Waals surface area contributed by atoms with Crippen molar-refractivity contribution in [3.63, 3.8) is 0 Å². The average Bonchev–Trinajstić information content (AvgIpc) is 3.63. The highest BCUT2D eigenvalue weighted by molar-refractivity contribution is 6.25. The standard InChI is InChI=1S/C42H25NO/c1-2-11-31-29(9-1)30-10-3-4-12-32(30)36-25-28(19-20-33(31)36)43-39-15-7-5-13-34(39)37-23-26(17-21-40(37)43)27-18-22-42-38(24-27)35-14-6-8-16-41(35)44-42/h1-25H. The van der Waals surface area contributed by atoms with Crippen LogP contribution in [0.5, 0.6) is 0 Å². The van der Waals surface area contributed by atoms with Crippen LogP contribution >= 0.6 is 0 Å². The van der Waals surface area contributed by atoms with Crippen LogP contribution in [-0.4, -0.2) is 4.57 Å². The molecule has 0 N–H and O–H groups in total. The van der Waals surface area contributed by atoms with Crippen molar-refractivity contribution >= 4 is 76.1 Å². The Morgan fingerprint density at radius 3 is 1.59 bits per heavy atom. The lowest BCUT2D eigenvalue weighted by atomic mass is 9.94. The van der Waals surface area contributed by atoms with Gasteiger partial charge in [-0.2, -0.15) is 0 Å².